The summed E-state index contributed by atoms with van der Waals surface area (Å²) in [6.07, 6.45) is 0.901. The van der Waals surface area contributed by atoms with Crippen molar-refractivity contribution in [2.24, 2.45) is 0 Å². The molecule has 122 valence electrons. The Morgan fingerprint density at radius 2 is 2.04 bits per heavy atom. The van der Waals surface area contributed by atoms with Gasteiger partial charge in [0, 0.05) is 12.2 Å². The van der Waals surface area contributed by atoms with E-state index >= 15 is 0 Å². The van der Waals surface area contributed by atoms with Crippen LogP contribution in [0.3, 0.4) is 0 Å². The summed E-state index contributed by atoms with van der Waals surface area (Å²) in [6.45, 7) is 4.59. The SMILES string of the molecule is CCCNC(=O)CSc1nnc(C(=O)Nc2ccccc2C)s1. The standard InChI is InChI=1S/C15H18N4O2S2/c1-3-8-16-12(20)9-22-15-19-18-14(23-15)13(21)17-11-7-5-4-6-10(11)2/h4-7H,3,8-9H2,1-2H3,(H,16,20)(H,17,21). The van der Waals surface area contributed by atoms with Crippen LogP contribution in [0.5, 0.6) is 0 Å². The van der Waals surface area contributed by atoms with E-state index in [-0.39, 0.29) is 22.6 Å². The number of carbonyl (C=O) groups excluding carboxylic acids is 2. The lowest BCUT2D eigenvalue weighted by Gasteiger charge is -2.05. The minimum absolute atomic E-state index is 0.0436. The summed E-state index contributed by atoms with van der Waals surface area (Å²) >= 11 is 2.46. The second-order valence-electron chi connectivity index (χ2n) is 4.78. The zero-order chi connectivity index (χ0) is 16.7. The van der Waals surface area contributed by atoms with Crippen molar-refractivity contribution in [3.8, 4) is 0 Å². The van der Waals surface area contributed by atoms with Gasteiger partial charge in [-0.05, 0) is 25.0 Å². The average Bonchev–Trinajstić information content (AvgIpc) is 3.02. The van der Waals surface area contributed by atoms with E-state index in [1.54, 1.807) is 0 Å². The van der Waals surface area contributed by atoms with Crippen molar-refractivity contribution in [2.45, 2.75) is 24.6 Å². The minimum Gasteiger partial charge on any atom is -0.355 e. The van der Waals surface area contributed by atoms with Gasteiger partial charge in [0.25, 0.3) is 5.91 Å². The number of nitrogens with zero attached hydrogens (tertiary/aromatic N) is 2. The van der Waals surface area contributed by atoms with Crippen molar-refractivity contribution in [1.82, 2.24) is 15.5 Å². The molecule has 23 heavy (non-hydrogen) atoms. The number of rotatable bonds is 7. The molecule has 1 aromatic heterocycles. The Labute approximate surface area is 143 Å². The maximum absolute atomic E-state index is 12.2. The zero-order valence-corrected chi connectivity index (χ0v) is 14.6. The second-order valence-corrected chi connectivity index (χ2v) is 6.98. The molecule has 0 radical (unpaired) electrons. The molecule has 0 fully saturated rings. The maximum atomic E-state index is 12.2. The van der Waals surface area contributed by atoms with Gasteiger partial charge >= 0.3 is 0 Å². The van der Waals surface area contributed by atoms with Crippen LogP contribution in [0.2, 0.25) is 0 Å². The predicted octanol–water partition coefficient (Wildman–Crippen LogP) is 2.72. The van der Waals surface area contributed by atoms with E-state index < -0.39 is 0 Å². The summed E-state index contributed by atoms with van der Waals surface area (Å²) < 4.78 is 0.603. The number of amides is 2. The van der Waals surface area contributed by atoms with Gasteiger partial charge < -0.3 is 10.6 Å². The summed E-state index contributed by atoms with van der Waals surface area (Å²) in [7, 11) is 0. The van der Waals surface area contributed by atoms with E-state index in [4.69, 9.17) is 0 Å². The van der Waals surface area contributed by atoms with Crippen LogP contribution < -0.4 is 10.6 Å². The number of benzene rings is 1. The van der Waals surface area contributed by atoms with Crippen molar-refractivity contribution in [1.29, 1.82) is 0 Å². The van der Waals surface area contributed by atoms with Gasteiger partial charge in [0.15, 0.2) is 4.34 Å². The summed E-state index contributed by atoms with van der Waals surface area (Å²) in [6, 6.07) is 7.53. The summed E-state index contributed by atoms with van der Waals surface area (Å²) in [4.78, 5) is 23.7. The summed E-state index contributed by atoms with van der Waals surface area (Å²) in [5, 5.41) is 13.7. The molecule has 0 saturated carbocycles. The molecule has 0 spiro atoms. The molecule has 1 heterocycles. The number of hydrogen-bond donors (Lipinski definition) is 2. The van der Waals surface area contributed by atoms with Gasteiger partial charge in [0.1, 0.15) is 0 Å². The van der Waals surface area contributed by atoms with Crippen molar-refractivity contribution in [2.75, 3.05) is 17.6 Å². The van der Waals surface area contributed by atoms with E-state index in [9.17, 15) is 9.59 Å². The second kappa shape index (κ2) is 8.64. The first-order valence-corrected chi connectivity index (χ1v) is 9.00. The molecule has 8 heteroatoms. The van der Waals surface area contributed by atoms with Gasteiger partial charge in [0.2, 0.25) is 10.9 Å². The number of carbonyl (C=O) groups is 2. The average molecular weight is 350 g/mol. The van der Waals surface area contributed by atoms with E-state index in [1.807, 2.05) is 38.1 Å². The lowest BCUT2D eigenvalue weighted by molar-refractivity contribution is -0.118. The highest BCUT2D eigenvalue weighted by Gasteiger charge is 2.15. The topological polar surface area (TPSA) is 84.0 Å². The lowest BCUT2D eigenvalue weighted by atomic mass is 10.2. The number of anilines is 1. The van der Waals surface area contributed by atoms with Gasteiger partial charge in [-0.3, -0.25) is 9.59 Å². The number of thioether (sulfide) groups is 1. The van der Waals surface area contributed by atoms with Crippen LogP contribution in [-0.4, -0.2) is 34.3 Å². The highest BCUT2D eigenvalue weighted by atomic mass is 32.2. The lowest BCUT2D eigenvalue weighted by Crippen LogP contribution is -2.25. The van der Waals surface area contributed by atoms with E-state index in [1.165, 1.54) is 23.1 Å². The first-order valence-electron chi connectivity index (χ1n) is 7.20. The third kappa shape index (κ3) is 5.33. The fraction of sp³-hybridized carbons (Fsp3) is 0.333. The predicted molar refractivity (Wildman–Crippen MR) is 93.1 cm³/mol. The Morgan fingerprint density at radius 1 is 1.26 bits per heavy atom. The van der Waals surface area contributed by atoms with Gasteiger partial charge in [-0.2, -0.15) is 0 Å². The summed E-state index contributed by atoms with van der Waals surface area (Å²) in [5.74, 6) is -0.0642. The van der Waals surface area contributed by atoms with Crippen LogP contribution in [-0.2, 0) is 4.79 Å². The molecule has 0 aliphatic rings. The normalized spacial score (nSPS) is 10.3. The number of aromatic nitrogens is 2. The Kier molecular flexibility index (Phi) is 6.54. The zero-order valence-electron chi connectivity index (χ0n) is 13.0. The van der Waals surface area contributed by atoms with Crippen molar-refractivity contribution >= 4 is 40.6 Å². The van der Waals surface area contributed by atoms with Crippen LogP contribution in [0, 0.1) is 6.92 Å². The first kappa shape index (κ1) is 17.4. The molecule has 0 bridgehead atoms. The largest absolute Gasteiger partial charge is 0.355 e. The number of aryl methyl sites for hydroxylation is 1. The van der Waals surface area contributed by atoms with E-state index in [2.05, 4.69) is 20.8 Å². The molecule has 2 amide bonds. The smallest absolute Gasteiger partial charge is 0.286 e. The van der Waals surface area contributed by atoms with Crippen LogP contribution in [0.15, 0.2) is 28.6 Å². The molecule has 6 nitrogen and oxygen atoms in total. The molecule has 2 N–H and O–H groups in total. The summed E-state index contributed by atoms with van der Waals surface area (Å²) in [5.41, 5.74) is 1.73. The quantitative estimate of drug-likeness (QED) is 0.750. The van der Waals surface area contributed by atoms with Gasteiger partial charge in [0.05, 0.1) is 5.75 Å². The van der Waals surface area contributed by atoms with E-state index in [0.29, 0.717) is 10.9 Å². The van der Waals surface area contributed by atoms with Crippen LogP contribution >= 0.6 is 23.1 Å². The van der Waals surface area contributed by atoms with Crippen molar-refractivity contribution in [3.05, 3.63) is 34.8 Å². The third-order valence-corrected chi connectivity index (χ3v) is 4.95. The molecule has 0 unspecified atom stereocenters. The first-order chi connectivity index (χ1) is 11.1. The molecule has 0 aliphatic carbocycles. The van der Waals surface area contributed by atoms with Crippen LogP contribution in [0.1, 0.15) is 28.7 Å². The van der Waals surface area contributed by atoms with Crippen LogP contribution in [0.25, 0.3) is 0 Å². The third-order valence-electron chi connectivity index (χ3n) is 2.89. The Hall–Kier alpha value is -1.93. The Bertz CT molecular complexity index is 688. The van der Waals surface area contributed by atoms with Crippen LogP contribution in [0.4, 0.5) is 5.69 Å². The Morgan fingerprint density at radius 3 is 2.78 bits per heavy atom. The van der Waals surface area contributed by atoms with Gasteiger partial charge in [-0.1, -0.05) is 48.2 Å². The Balaban J connectivity index is 1.90. The maximum Gasteiger partial charge on any atom is 0.286 e. The number of para-hydroxylation sites is 1. The molecule has 0 saturated heterocycles. The minimum atomic E-state index is -0.293. The van der Waals surface area contributed by atoms with Gasteiger partial charge in [-0.15, -0.1) is 10.2 Å². The molecule has 0 atom stereocenters. The van der Waals surface area contributed by atoms with Crippen molar-refractivity contribution < 1.29 is 9.59 Å². The molecule has 2 rings (SSSR count). The highest BCUT2D eigenvalue weighted by molar-refractivity contribution is 8.01. The van der Waals surface area contributed by atoms with Gasteiger partial charge in [-0.25, -0.2) is 0 Å². The molecular formula is C15H18N4O2S2. The molecule has 2 aromatic rings. The van der Waals surface area contributed by atoms with Crippen molar-refractivity contribution in [3.63, 3.8) is 0 Å². The number of nitrogens with one attached hydrogen (secondary N) is 2. The highest BCUT2D eigenvalue weighted by Crippen LogP contribution is 2.23. The molecule has 1 aromatic carbocycles. The fourth-order valence-electron chi connectivity index (χ4n) is 1.69. The van der Waals surface area contributed by atoms with E-state index in [0.717, 1.165) is 17.7 Å². The molecule has 0 aliphatic heterocycles. The fourth-order valence-corrected chi connectivity index (χ4v) is 3.27. The molecular weight excluding hydrogens is 332 g/mol. The number of hydrogen-bond acceptors (Lipinski definition) is 6. The monoisotopic (exact) mass is 350 g/mol.